The van der Waals surface area contributed by atoms with Gasteiger partial charge in [-0.05, 0) is 30.5 Å². The SMILES string of the molecule is CC(C)C(=O)N1CCC[C@@H](C(=O)NCc2cccc(C(F)(F)F)c2)C1. The molecule has 1 aliphatic heterocycles. The number of hydrogen-bond donors (Lipinski definition) is 1. The van der Waals surface area contributed by atoms with Crippen LogP contribution in [0.3, 0.4) is 0 Å². The fourth-order valence-corrected chi connectivity index (χ4v) is 2.95. The van der Waals surface area contributed by atoms with Gasteiger partial charge in [-0.15, -0.1) is 0 Å². The lowest BCUT2D eigenvalue weighted by Gasteiger charge is -2.33. The smallest absolute Gasteiger partial charge is 0.352 e. The molecule has 1 atom stereocenters. The minimum Gasteiger partial charge on any atom is -0.352 e. The van der Waals surface area contributed by atoms with E-state index in [2.05, 4.69) is 5.32 Å². The molecule has 0 aromatic heterocycles. The summed E-state index contributed by atoms with van der Waals surface area (Å²) >= 11 is 0. The van der Waals surface area contributed by atoms with Crippen molar-refractivity contribution in [1.82, 2.24) is 10.2 Å². The fraction of sp³-hybridized carbons (Fsp3) is 0.556. The highest BCUT2D eigenvalue weighted by Gasteiger charge is 2.31. The summed E-state index contributed by atoms with van der Waals surface area (Å²) in [6, 6.07) is 4.91. The first-order chi connectivity index (χ1) is 11.7. The molecule has 1 heterocycles. The minimum absolute atomic E-state index is 0.0235. The standard InChI is InChI=1S/C18H23F3N2O2/c1-12(2)17(25)23-8-4-6-14(11-23)16(24)22-10-13-5-3-7-15(9-13)18(19,20)21/h3,5,7,9,12,14H,4,6,8,10-11H2,1-2H3,(H,22,24)/t14-/m1/s1. The second kappa shape index (κ2) is 7.89. The quantitative estimate of drug-likeness (QED) is 0.901. The van der Waals surface area contributed by atoms with Gasteiger partial charge in [-0.2, -0.15) is 13.2 Å². The summed E-state index contributed by atoms with van der Waals surface area (Å²) in [5.41, 5.74) is -0.334. The molecule has 0 bridgehead atoms. The van der Waals surface area contributed by atoms with Crippen molar-refractivity contribution < 1.29 is 22.8 Å². The van der Waals surface area contributed by atoms with E-state index in [9.17, 15) is 22.8 Å². The van der Waals surface area contributed by atoms with Crippen molar-refractivity contribution in [3.8, 4) is 0 Å². The Morgan fingerprint density at radius 1 is 1.32 bits per heavy atom. The lowest BCUT2D eigenvalue weighted by molar-refractivity contribution is -0.139. The maximum absolute atomic E-state index is 12.7. The van der Waals surface area contributed by atoms with Crippen LogP contribution in [0.15, 0.2) is 24.3 Å². The van der Waals surface area contributed by atoms with Crippen LogP contribution in [0.2, 0.25) is 0 Å². The van der Waals surface area contributed by atoms with Crippen molar-refractivity contribution in [2.24, 2.45) is 11.8 Å². The van der Waals surface area contributed by atoms with Crippen LogP contribution < -0.4 is 5.32 Å². The molecule has 1 saturated heterocycles. The van der Waals surface area contributed by atoms with E-state index in [4.69, 9.17) is 0 Å². The monoisotopic (exact) mass is 356 g/mol. The molecule has 25 heavy (non-hydrogen) atoms. The molecule has 0 saturated carbocycles. The Morgan fingerprint density at radius 2 is 2.04 bits per heavy atom. The van der Waals surface area contributed by atoms with Gasteiger partial charge in [-0.1, -0.05) is 26.0 Å². The predicted molar refractivity (Wildman–Crippen MR) is 87.4 cm³/mol. The summed E-state index contributed by atoms with van der Waals surface area (Å²) in [7, 11) is 0. The lowest BCUT2D eigenvalue weighted by atomic mass is 9.96. The molecule has 7 heteroatoms. The zero-order valence-corrected chi connectivity index (χ0v) is 14.4. The highest BCUT2D eigenvalue weighted by molar-refractivity contribution is 5.82. The number of likely N-dealkylation sites (tertiary alicyclic amines) is 1. The van der Waals surface area contributed by atoms with Crippen molar-refractivity contribution in [3.05, 3.63) is 35.4 Å². The number of carbonyl (C=O) groups excluding carboxylic acids is 2. The summed E-state index contributed by atoms with van der Waals surface area (Å²) in [6.07, 6.45) is -2.97. The number of rotatable bonds is 4. The van der Waals surface area contributed by atoms with Crippen LogP contribution in [0.5, 0.6) is 0 Å². The van der Waals surface area contributed by atoms with Gasteiger partial charge in [0.25, 0.3) is 0 Å². The highest BCUT2D eigenvalue weighted by Crippen LogP contribution is 2.29. The normalized spacial score (nSPS) is 18.3. The molecule has 1 N–H and O–H groups in total. The molecular weight excluding hydrogens is 333 g/mol. The third-order valence-corrected chi connectivity index (χ3v) is 4.32. The van der Waals surface area contributed by atoms with Gasteiger partial charge in [-0.3, -0.25) is 9.59 Å². The Morgan fingerprint density at radius 3 is 2.68 bits per heavy atom. The van der Waals surface area contributed by atoms with Gasteiger partial charge < -0.3 is 10.2 Å². The molecule has 2 amide bonds. The maximum Gasteiger partial charge on any atom is 0.416 e. The molecule has 1 aromatic rings. The number of nitrogens with one attached hydrogen (secondary N) is 1. The van der Waals surface area contributed by atoms with E-state index in [1.165, 1.54) is 6.07 Å². The van der Waals surface area contributed by atoms with E-state index < -0.39 is 11.7 Å². The first kappa shape index (κ1) is 19.3. The molecule has 4 nitrogen and oxygen atoms in total. The van der Waals surface area contributed by atoms with E-state index in [1.807, 2.05) is 13.8 Å². The Hall–Kier alpha value is -2.05. The number of alkyl halides is 3. The minimum atomic E-state index is -4.40. The average molecular weight is 356 g/mol. The number of benzene rings is 1. The van der Waals surface area contributed by atoms with E-state index in [-0.39, 0.29) is 30.2 Å². The molecule has 0 spiro atoms. The molecule has 1 fully saturated rings. The van der Waals surface area contributed by atoms with E-state index >= 15 is 0 Å². The van der Waals surface area contributed by atoms with Crippen LogP contribution in [0, 0.1) is 11.8 Å². The zero-order valence-electron chi connectivity index (χ0n) is 14.4. The van der Waals surface area contributed by atoms with E-state index in [0.717, 1.165) is 18.6 Å². The van der Waals surface area contributed by atoms with Gasteiger partial charge in [0.15, 0.2) is 0 Å². The van der Waals surface area contributed by atoms with Crippen molar-refractivity contribution in [2.75, 3.05) is 13.1 Å². The molecule has 2 rings (SSSR count). The number of nitrogens with zero attached hydrogens (tertiary/aromatic N) is 1. The molecule has 1 aliphatic rings. The average Bonchev–Trinajstić information content (AvgIpc) is 2.58. The van der Waals surface area contributed by atoms with Crippen molar-refractivity contribution in [2.45, 2.75) is 39.4 Å². The number of hydrogen-bond acceptors (Lipinski definition) is 2. The van der Waals surface area contributed by atoms with Crippen LogP contribution in [0.25, 0.3) is 0 Å². The Bertz CT molecular complexity index is 629. The molecule has 1 aromatic carbocycles. The molecule has 0 radical (unpaired) electrons. The second-order valence-electron chi connectivity index (χ2n) is 6.69. The van der Waals surface area contributed by atoms with Gasteiger partial charge in [0, 0.05) is 25.6 Å². The van der Waals surface area contributed by atoms with Gasteiger partial charge in [0.1, 0.15) is 0 Å². The van der Waals surface area contributed by atoms with Crippen LogP contribution in [0.1, 0.15) is 37.8 Å². The van der Waals surface area contributed by atoms with Crippen molar-refractivity contribution in [1.29, 1.82) is 0 Å². The van der Waals surface area contributed by atoms with Crippen molar-refractivity contribution in [3.63, 3.8) is 0 Å². The number of amides is 2. The molecule has 138 valence electrons. The fourth-order valence-electron chi connectivity index (χ4n) is 2.95. The Labute approximate surface area is 145 Å². The predicted octanol–water partition coefficient (Wildman–Crippen LogP) is 3.22. The third-order valence-electron chi connectivity index (χ3n) is 4.32. The summed E-state index contributed by atoms with van der Waals surface area (Å²) < 4.78 is 38.1. The summed E-state index contributed by atoms with van der Waals surface area (Å²) in [5.74, 6) is -0.636. The van der Waals surface area contributed by atoms with Crippen molar-refractivity contribution >= 4 is 11.8 Å². The number of carbonyl (C=O) groups is 2. The molecule has 0 unspecified atom stereocenters. The van der Waals surface area contributed by atoms with Gasteiger partial charge >= 0.3 is 6.18 Å². The van der Waals surface area contributed by atoms with Gasteiger partial charge in [-0.25, -0.2) is 0 Å². The van der Waals surface area contributed by atoms with Crippen LogP contribution in [-0.2, 0) is 22.3 Å². The Balaban J connectivity index is 1.93. The molecule has 0 aliphatic carbocycles. The van der Waals surface area contributed by atoms with E-state index in [1.54, 1.807) is 11.0 Å². The first-order valence-electron chi connectivity index (χ1n) is 8.41. The summed E-state index contributed by atoms with van der Waals surface area (Å²) in [6.45, 7) is 4.69. The third kappa shape index (κ3) is 5.21. The largest absolute Gasteiger partial charge is 0.416 e. The lowest BCUT2D eigenvalue weighted by Crippen LogP contribution is -2.46. The summed E-state index contributed by atoms with van der Waals surface area (Å²) in [5, 5.41) is 2.69. The van der Waals surface area contributed by atoms with Gasteiger partial charge in [0.2, 0.25) is 11.8 Å². The number of piperidine rings is 1. The second-order valence-corrected chi connectivity index (χ2v) is 6.69. The van der Waals surface area contributed by atoms with Crippen LogP contribution in [0.4, 0.5) is 13.2 Å². The van der Waals surface area contributed by atoms with Crippen LogP contribution >= 0.6 is 0 Å². The zero-order chi connectivity index (χ0) is 18.6. The molecular formula is C18H23F3N2O2. The first-order valence-corrected chi connectivity index (χ1v) is 8.41. The topological polar surface area (TPSA) is 49.4 Å². The highest BCUT2D eigenvalue weighted by atomic mass is 19.4. The van der Waals surface area contributed by atoms with E-state index in [0.29, 0.717) is 25.1 Å². The number of halogens is 3. The van der Waals surface area contributed by atoms with Crippen LogP contribution in [-0.4, -0.2) is 29.8 Å². The maximum atomic E-state index is 12.7. The Kier molecular flexibility index (Phi) is 6.08. The summed E-state index contributed by atoms with van der Waals surface area (Å²) in [4.78, 5) is 26.1. The van der Waals surface area contributed by atoms with Gasteiger partial charge in [0.05, 0.1) is 11.5 Å².